The Labute approximate surface area is 150 Å². The van der Waals surface area contributed by atoms with Crippen molar-refractivity contribution in [3.8, 4) is 5.69 Å². The minimum Gasteiger partial charge on any atom is -0.320 e. The third-order valence-corrected chi connectivity index (χ3v) is 4.48. The first-order valence-corrected chi connectivity index (χ1v) is 8.51. The van der Waals surface area contributed by atoms with Crippen molar-refractivity contribution >= 4 is 43.5 Å². The number of aromatic nitrogens is 2. The van der Waals surface area contributed by atoms with Crippen LogP contribution >= 0.6 is 31.9 Å². The SMILES string of the molecule is Cc1cc(C(=O)Nc2cc(Br)ccc2Br)nn1-c1ccccc1. The van der Waals surface area contributed by atoms with E-state index in [-0.39, 0.29) is 5.91 Å². The van der Waals surface area contributed by atoms with Crippen LogP contribution in [0.5, 0.6) is 0 Å². The van der Waals surface area contributed by atoms with Gasteiger partial charge in [0.1, 0.15) is 0 Å². The van der Waals surface area contributed by atoms with Gasteiger partial charge in [-0.1, -0.05) is 34.1 Å². The Kier molecular flexibility index (Phi) is 4.63. The van der Waals surface area contributed by atoms with Crippen LogP contribution in [-0.2, 0) is 0 Å². The van der Waals surface area contributed by atoms with Crippen LogP contribution in [0.3, 0.4) is 0 Å². The van der Waals surface area contributed by atoms with Crippen molar-refractivity contribution in [2.45, 2.75) is 6.92 Å². The van der Waals surface area contributed by atoms with Gasteiger partial charge in [0.15, 0.2) is 5.69 Å². The number of aryl methyl sites for hydroxylation is 1. The van der Waals surface area contributed by atoms with Crippen LogP contribution in [0, 0.1) is 6.92 Å². The van der Waals surface area contributed by atoms with Gasteiger partial charge in [0.2, 0.25) is 0 Å². The lowest BCUT2D eigenvalue weighted by molar-refractivity contribution is 0.102. The van der Waals surface area contributed by atoms with Gasteiger partial charge in [0.25, 0.3) is 5.91 Å². The van der Waals surface area contributed by atoms with Gasteiger partial charge in [-0.15, -0.1) is 0 Å². The molecule has 3 aromatic rings. The highest BCUT2D eigenvalue weighted by Gasteiger charge is 2.14. The molecule has 0 aliphatic carbocycles. The summed E-state index contributed by atoms with van der Waals surface area (Å²) in [5, 5.41) is 7.27. The maximum Gasteiger partial charge on any atom is 0.276 e. The summed E-state index contributed by atoms with van der Waals surface area (Å²) in [6.07, 6.45) is 0. The Morgan fingerprint density at radius 2 is 1.83 bits per heavy atom. The molecule has 0 atom stereocenters. The topological polar surface area (TPSA) is 46.9 Å². The predicted octanol–water partition coefficient (Wildman–Crippen LogP) is 4.96. The molecule has 1 heterocycles. The summed E-state index contributed by atoms with van der Waals surface area (Å²) in [4.78, 5) is 12.5. The molecule has 2 aromatic carbocycles. The molecule has 1 amide bonds. The normalized spacial score (nSPS) is 10.6. The number of hydrogen-bond acceptors (Lipinski definition) is 2. The van der Waals surface area contributed by atoms with E-state index in [0.717, 1.165) is 20.3 Å². The number of carbonyl (C=O) groups is 1. The molecule has 0 radical (unpaired) electrons. The number of anilines is 1. The van der Waals surface area contributed by atoms with Gasteiger partial charge in [-0.05, 0) is 59.3 Å². The first-order valence-electron chi connectivity index (χ1n) is 6.93. The zero-order valence-electron chi connectivity index (χ0n) is 12.3. The van der Waals surface area contributed by atoms with Crippen molar-refractivity contribution in [3.63, 3.8) is 0 Å². The Morgan fingerprint density at radius 3 is 2.57 bits per heavy atom. The average molecular weight is 435 g/mol. The van der Waals surface area contributed by atoms with E-state index in [4.69, 9.17) is 0 Å². The average Bonchev–Trinajstić information content (AvgIpc) is 2.94. The zero-order chi connectivity index (χ0) is 16.4. The lowest BCUT2D eigenvalue weighted by atomic mass is 10.3. The summed E-state index contributed by atoms with van der Waals surface area (Å²) in [7, 11) is 0. The van der Waals surface area contributed by atoms with Crippen LogP contribution in [-0.4, -0.2) is 15.7 Å². The number of nitrogens with zero attached hydrogens (tertiary/aromatic N) is 2. The summed E-state index contributed by atoms with van der Waals surface area (Å²) < 4.78 is 3.46. The molecule has 0 saturated carbocycles. The molecule has 1 N–H and O–H groups in total. The van der Waals surface area contributed by atoms with E-state index in [2.05, 4.69) is 42.3 Å². The zero-order valence-corrected chi connectivity index (χ0v) is 15.4. The lowest BCUT2D eigenvalue weighted by Crippen LogP contribution is -2.13. The smallest absolute Gasteiger partial charge is 0.276 e. The molecule has 0 aliphatic heterocycles. The Hall–Kier alpha value is -1.92. The lowest BCUT2D eigenvalue weighted by Gasteiger charge is -2.06. The fourth-order valence-electron chi connectivity index (χ4n) is 2.20. The Balaban J connectivity index is 1.88. The molecule has 1 aromatic heterocycles. The van der Waals surface area contributed by atoms with Crippen LogP contribution < -0.4 is 5.32 Å². The molecular formula is C17H13Br2N3O. The molecule has 0 fully saturated rings. The third kappa shape index (κ3) is 3.54. The standard InChI is InChI=1S/C17H13Br2N3O/c1-11-9-16(21-22(11)13-5-3-2-4-6-13)17(23)20-15-10-12(18)7-8-14(15)19/h2-10H,1H3,(H,20,23). The number of para-hydroxylation sites is 1. The van der Waals surface area contributed by atoms with Gasteiger partial charge in [0, 0.05) is 14.6 Å². The molecule has 3 rings (SSSR count). The van der Waals surface area contributed by atoms with Crippen molar-refractivity contribution in [2.75, 3.05) is 5.32 Å². The summed E-state index contributed by atoms with van der Waals surface area (Å²) in [5.41, 5.74) is 2.89. The molecule has 6 heteroatoms. The highest BCUT2D eigenvalue weighted by Crippen LogP contribution is 2.26. The first-order chi connectivity index (χ1) is 11.0. The molecule has 23 heavy (non-hydrogen) atoms. The second-order valence-electron chi connectivity index (χ2n) is 5.00. The number of nitrogens with one attached hydrogen (secondary N) is 1. The second-order valence-corrected chi connectivity index (χ2v) is 6.77. The van der Waals surface area contributed by atoms with Gasteiger partial charge in [-0.2, -0.15) is 5.10 Å². The van der Waals surface area contributed by atoms with Gasteiger partial charge >= 0.3 is 0 Å². The fraction of sp³-hybridized carbons (Fsp3) is 0.0588. The van der Waals surface area contributed by atoms with Crippen LogP contribution in [0.15, 0.2) is 63.5 Å². The first kappa shape index (κ1) is 16.0. The minimum atomic E-state index is -0.249. The van der Waals surface area contributed by atoms with Crippen LogP contribution in [0.2, 0.25) is 0 Å². The van der Waals surface area contributed by atoms with E-state index in [0.29, 0.717) is 11.4 Å². The number of benzene rings is 2. The summed E-state index contributed by atoms with van der Waals surface area (Å²) in [6.45, 7) is 1.92. The third-order valence-electron chi connectivity index (χ3n) is 3.30. The summed E-state index contributed by atoms with van der Waals surface area (Å²) in [6, 6.07) is 17.1. The van der Waals surface area contributed by atoms with Crippen molar-refractivity contribution in [2.24, 2.45) is 0 Å². The van der Waals surface area contributed by atoms with E-state index >= 15 is 0 Å². The number of amides is 1. The Bertz CT molecular complexity index is 860. The maximum absolute atomic E-state index is 12.5. The van der Waals surface area contributed by atoms with E-state index in [1.807, 2.05) is 55.5 Å². The van der Waals surface area contributed by atoms with E-state index < -0.39 is 0 Å². The van der Waals surface area contributed by atoms with Crippen LogP contribution in [0.4, 0.5) is 5.69 Å². The maximum atomic E-state index is 12.5. The van der Waals surface area contributed by atoms with E-state index in [1.54, 1.807) is 10.7 Å². The van der Waals surface area contributed by atoms with Gasteiger partial charge in [-0.3, -0.25) is 4.79 Å². The predicted molar refractivity (Wildman–Crippen MR) is 98.1 cm³/mol. The highest BCUT2D eigenvalue weighted by atomic mass is 79.9. The largest absolute Gasteiger partial charge is 0.320 e. The molecule has 0 spiro atoms. The van der Waals surface area contributed by atoms with Gasteiger partial charge in [0.05, 0.1) is 11.4 Å². The number of halogens is 2. The molecule has 0 bridgehead atoms. The number of carbonyl (C=O) groups excluding carboxylic acids is 1. The highest BCUT2D eigenvalue weighted by molar-refractivity contribution is 9.11. The van der Waals surface area contributed by atoms with Crippen LogP contribution in [0.1, 0.15) is 16.2 Å². The second kappa shape index (κ2) is 6.68. The van der Waals surface area contributed by atoms with Crippen molar-refractivity contribution < 1.29 is 4.79 Å². The van der Waals surface area contributed by atoms with Crippen molar-refractivity contribution in [1.82, 2.24) is 9.78 Å². The van der Waals surface area contributed by atoms with Crippen molar-refractivity contribution in [1.29, 1.82) is 0 Å². The van der Waals surface area contributed by atoms with Gasteiger partial charge < -0.3 is 5.32 Å². The molecule has 0 saturated heterocycles. The van der Waals surface area contributed by atoms with Crippen LogP contribution in [0.25, 0.3) is 5.69 Å². The molecule has 0 unspecified atom stereocenters. The summed E-state index contributed by atoms with van der Waals surface area (Å²) in [5.74, 6) is -0.249. The fourth-order valence-corrected chi connectivity index (χ4v) is 2.90. The van der Waals surface area contributed by atoms with Gasteiger partial charge in [-0.25, -0.2) is 4.68 Å². The Morgan fingerprint density at radius 1 is 1.09 bits per heavy atom. The van der Waals surface area contributed by atoms with E-state index in [1.165, 1.54) is 0 Å². The minimum absolute atomic E-state index is 0.249. The number of rotatable bonds is 3. The molecule has 4 nitrogen and oxygen atoms in total. The molecule has 116 valence electrons. The monoisotopic (exact) mass is 433 g/mol. The number of hydrogen-bond donors (Lipinski definition) is 1. The molecular weight excluding hydrogens is 422 g/mol. The van der Waals surface area contributed by atoms with E-state index in [9.17, 15) is 4.79 Å². The van der Waals surface area contributed by atoms with Crippen molar-refractivity contribution in [3.05, 3.63) is 74.9 Å². The summed E-state index contributed by atoms with van der Waals surface area (Å²) >= 11 is 6.82. The quantitative estimate of drug-likeness (QED) is 0.633. The molecule has 0 aliphatic rings.